The minimum absolute atomic E-state index is 0.0146. The van der Waals surface area contributed by atoms with Crippen molar-refractivity contribution in [1.29, 1.82) is 0 Å². The van der Waals surface area contributed by atoms with Crippen LogP contribution in [0, 0.1) is 23.3 Å². The second kappa shape index (κ2) is 37.8. The molecule has 1 N–H and O–H groups in total. The molecule has 0 radical (unpaired) electrons. The van der Waals surface area contributed by atoms with Gasteiger partial charge in [-0.1, -0.05) is 12.1 Å². The van der Waals surface area contributed by atoms with E-state index in [9.17, 15) is 31.9 Å². The first kappa shape index (κ1) is 54.4. The standard InChI is InChI=1S/C41H59F4NO16/c42-35-31-36(43)39(45)40(38(35)44)62-37(48)5-7-50-9-11-52-13-15-54-17-19-56-21-23-58-25-27-60-29-30-61-28-26-59-24-22-57-20-18-55-16-14-53-12-10-51-8-6-46-41(49)34-3-1-33(32-47)2-4-34/h1-4,31-32H,5-30H2,(H,46,49). The molecular formula is C41H59F4NO16. The first-order valence-corrected chi connectivity index (χ1v) is 20.1. The van der Waals surface area contributed by atoms with Crippen LogP contribution in [0.3, 0.4) is 0 Å². The van der Waals surface area contributed by atoms with Crippen LogP contribution in [0.5, 0.6) is 5.75 Å². The van der Waals surface area contributed by atoms with Gasteiger partial charge in [-0.15, -0.1) is 0 Å². The van der Waals surface area contributed by atoms with Crippen LogP contribution in [0.1, 0.15) is 27.1 Å². The highest BCUT2D eigenvalue weighted by molar-refractivity contribution is 5.94. The SMILES string of the molecule is O=Cc1ccc(C(=O)NCCOCCOCCOCCOCCOCCOCCOCCOCCOCCOCCOCCOCCC(=O)Oc2c(F)c(F)cc(F)c2F)cc1. The number of rotatable bonds is 42. The maximum atomic E-state index is 13.5. The van der Waals surface area contributed by atoms with Gasteiger partial charge in [0.25, 0.3) is 5.91 Å². The number of halogens is 4. The number of nitrogens with one attached hydrogen (secondary N) is 1. The molecule has 0 fully saturated rings. The zero-order valence-corrected chi connectivity index (χ0v) is 34.9. The van der Waals surface area contributed by atoms with Crippen molar-refractivity contribution < 1.29 is 93.5 Å². The monoisotopic (exact) mass is 897 g/mol. The lowest BCUT2D eigenvalue weighted by atomic mass is 10.1. The van der Waals surface area contributed by atoms with Crippen molar-refractivity contribution in [1.82, 2.24) is 5.32 Å². The van der Waals surface area contributed by atoms with E-state index in [1.54, 1.807) is 24.3 Å². The fraction of sp³-hybridized carbons (Fsp3) is 0.634. The van der Waals surface area contributed by atoms with Gasteiger partial charge in [0, 0.05) is 23.7 Å². The molecule has 1 amide bonds. The van der Waals surface area contributed by atoms with E-state index in [2.05, 4.69) is 10.1 Å². The quantitative estimate of drug-likeness (QED) is 0.0256. The molecule has 0 saturated heterocycles. The van der Waals surface area contributed by atoms with Crippen LogP contribution >= 0.6 is 0 Å². The van der Waals surface area contributed by atoms with Crippen LogP contribution in [0.4, 0.5) is 17.6 Å². The number of carbonyl (C=O) groups excluding carboxylic acids is 3. The summed E-state index contributed by atoms with van der Waals surface area (Å²) in [6.45, 7) is 9.13. The molecule has 352 valence electrons. The van der Waals surface area contributed by atoms with Crippen molar-refractivity contribution >= 4 is 18.2 Å². The van der Waals surface area contributed by atoms with Crippen molar-refractivity contribution in [3.63, 3.8) is 0 Å². The lowest BCUT2D eigenvalue weighted by Crippen LogP contribution is -2.27. The summed E-state index contributed by atoms with van der Waals surface area (Å²) >= 11 is 0. The fourth-order valence-electron chi connectivity index (χ4n) is 4.53. The van der Waals surface area contributed by atoms with Gasteiger partial charge < -0.3 is 66.9 Å². The summed E-state index contributed by atoms with van der Waals surface area (Å²) in [7, 11) is 0. The van der Waals surface area contributed by atoms with Gasteiger partial charge in [0.2, 0.25) is 17.4 Å². The molecule has 0 atom stereocenters. The molecule has 0 heterocycles. The molecule has 0 aromatic heterocycles. The number of aldehydes is 1. The van der Waals surface area contributed by atoms with Crippen molar-refractivity contribution in [2.24, 2.45) is 0 Å². The average Bonchev–Trinajstić information content (AvgIpc) is 3.27. The van der Waals surface area contributed by atoms with E-state index in [4.69, 9.17) is 56.8 Å². The third-order valence-electron chi connectivity index (χ3n) is 7.67. The van der Waals surface area contributed by atoms with Gasteiger partial charge in [-0.3, -0.25) is 14.4 Å². The van der Waals surface area contributed by atoms with Gasteiger partial charge in [0.1, 0.15) is 6.29 Å². The van der Waals surface area contributed by atoms with Crippen LogP contribution in [0.15, 0.2) is 30.3 Å². The number of carbonyl (C=O) groups is 3. The Morgan fingerprint density at radius 1 is 0.452 bits per heavy atom. The van der Waals surface area contributed by atoms with Crippen molar-refractivity contribution in [2.75, 3.05) is 165 Å². The molecule has 0 unspecified atom stereocenters. The van der Waals surface area contributed by atoms with Crippen LogP contribution in [-0.2, 0) is 61.6 Å². The molecule has 0 aliphatic carbocycles. The lowest BCUT2D eigenvalue weighted by molar-refractivity contribution is -0.136. The molecule has 62 heavy (non-hydrogen) atoms. The van der Waals surface area contributed by atoms with Gasteiger partial charge in [-0.05, 0) is 12.1 Å². The predicted octanol–water partition coefficient (Wildman–Crippen LogP) is 2.98. The summed E-state index contributed by atoms with van der Waals surface area (Å²) < 4.78 is 123. The summed E-state index contributed by atoms with van der Waals surface area (Å²) in [6, 6.07) is 6.39. The Morgan fingerprint density at radius 2 is 0.758 bits per heavy atom. The Labute approximate surface area is 358 Å². The highest BCUT2D eigenvalue weighted by atomic mass is 19.2. The summed E-state index contributed by atoms with van der Waals surface area (Å²) in [4.78, 5) is 34.4. The number of benzene rings is 2. The predicted molar refractivity (Wildman–Crippen MR) is 211 cm³/mol. The van der Waals surface area contributed by atoms with E-state index in [0.717, 1.165) is 6.29 Å². The molecule has 2 aromatic rings. The molecule has 0 aliphatic rings. The molecular weight excluding hydrogens is 838 g/mol. The zero-order chi connectivity index (χ0) is 44.7. The maximum absolute atomic E-state index is 13.5. The number of ether oxygens (including phenoxy) is 13. The zero-order valence-electron chi connectivity index (χ0n) is 34.9. The molecule has 0 aliphatic heterocycles. The van der Waals surface area contributed by atoms with Gasteiger partial charge in [-0.25, -0.2) is 8.78 Å². The van der Waals surface area contributed by atoms with Crippen LogP contribution in [-0.4, -0.2) is 183 Å². The van der Waals surface area contributed by atoms with Crippen LogP contribution in [0.25, 0.3) is 0 Å². The largest absolute Gasteiger partial charge is 0.420 e. The molecule has 0 saturated carbocycles. The topological polar surface area (TPSA) is 183 Å². The van der Waals surface area contributed by atoms with Gasteiger partial charge >= 0.3 is 5.97 Å². The van der Waals surface area contributed by atoms with E-state index >= 15 is 0 Å². The van der Waals surface area contributed by atoms with Crippen LogP contribution in [0.2, 0.25) is 0 Å². The molecule has 2 rings (SSSR count). The molecule has 17 nitrogen and oxygen atoms in total. The highest BCUT2D eigenvalue weighted by Gasteiger charge is 2.23. The van der Waals surface area contributed by atoms with Crippen molar-refractivity contribution in [2.45, 2.75) is 6.42 Å². The Kier molecular flexibility index (Phi) is 33.2. The molecule has 0 bridgehead atoms. The fourth-order valence-corrected chi connectivity index (χ4v) is 4.53. The van der Waals surface area contributed by atoms with Crippen molar-refractivity contribution in [3.05, 3.63) is 64.7 Å². The number of amides is 1. The van der Waals surface area contributed by atoms with E-state index in [1.165, 1.54) is 0 Å². The Morgan fingerprint density at radius 3 is 1.08 bits per heavy atom. The van der Waals surface area contributed by atoms with Gasteiger partial charge in [0.15, 0.2) is 11.6 Å². The second-order valence-corrected chi connectivity index (χ2v) is 12.4. The Balaban J connectivity index is 1.17. The normalized spacial score (nSPS) is 11.3. The number of hydrogen-bond acceptors (Lipinski definition) is 16. The number of esters is 1. The van der Waals surface area contributed by atoms with Gasteiger partial charge in [-0.2, -0.15) is 8.78 Å². The van der Waals surface area contributed by atoms with Crippen molar-refractivity contribution in [3.8, 4) is 5.75 Å². The maximum Gasteiger partial charge on any atom is 0.313 e. The molecule has 2 aromatic carbocycles. The Hall–Kier alpha value is -3.71. The summed E-state index contributed by atoms with van der Waals surface area (Å²) in [5, 5.41) is 2.75. The van der Waals surface area contributed by atoms with E-state index < -0.39 is 41.4 Å². The van der Waals surface area contributed by atoms with E-state index in [1.807, 2.05) is 0 Å². The lowest BCUT2D eigenvalue weighted by Gasteiger charge is -2.09. The smallest absolute Gasteiger partial charge is 0.313 e. The first-order valence-electron chi connectivity index (χ1n) is 20.1. The summed E-state index contributed by atoms with van der Waals surface area (Å²) in [5.74, 6) is -9.74. The van der Waals surface area contributed by atoms with E-state index in [0.29, 0.717) is 156 Å². The minimum Gasteiger partial charge on any atom is -0.420 e. The molecule has 21 heteroatoms. The third kappa shape index (κ3) is 28.1. The summed E-state index contributed by atoms with van der Waals surface area (Å²) in [5.41, 5.74) is 0.994. The second-order valence-electron chi connectivity index (χ2n) is 12.4. The first-order chi connectivity index (χ1) is 30.3. The Bertz CT molecular complexity index is 1440. The van der Waals surface area contributed by atoms with E-state index in [-0.39, 0.29) is 31.8 Å². The van der Waals surface area contributed by atoms with Gasteiger partial charge in [0.05, 0.1) is 165 Å². The van der Waals surface area contributed by atoms with Crippen LogP contribution < -0.4 is 10.1 Å². The number of hydrogen-bond donors (Lipinski definition) is 1. The molecule has 0 spiro atoms. The minimum atomic E-state index is -1.80. The highest BCUT2D eigenvalue weighted by Crippen LogP contribution is 2.26. The average molecular weight is 898 g/mol. The summed E-state index contributed by atoms with van der Waals surface area (Å²) in [6.07, 6.45) is 0.325. The third-order valence-corrected chi connectivity index (χ3v) is 7.67.